The first-order chi connectivity index (χ1) is 12.2. The van der Waals surface area contributed by atoms with Gasteiger partial charge >= 0.3 is 0 Å². The normalized spacial score (nSPS) is 12.3. The maximum absolute atomic E-state index is 12.8. The van der Waals surface area contributed by atoms with Gasteiger partial charge in [-0.2, -0.15) is 10.3 Å². The van der Waals surface area contributed by atoms with Crippen molar-refractivity contribution < 1.29 is 9.53 Å². The third-order valence-corrected chi connectivity index (χ3v) is 5.22. The van der Waals surface area contributed by atoms with Crippen molar-refractivity contribution in [3.63, 3.8) is 0 Å². The van der Waals surface area contributed by atoms with Crippen LogP contribution < -0.4 is 9.54 Å². The molecule has 0 aliphatic rings. The van der Waals surface area contributed by atoms with Gasteiger partial charge in [-0.05, 0) is 29.5 Å². The summed E-state index contributed by atoms with van der Waals surface area (Å²) in [5, 5.41) is 9.10. The van der Waals surface area contributed by atoms with Crippen molar-refractivity contribution in [3.05, 3.63) is 45.2 Å². The van der Waals surface area contributed by atoms with Gasteiger partial charge in [0.25, 0.3) is 5.91 Å². The molecule has 1 heterocycles. The number of methoxy groups -OCH3 is 1. The van der Waals surface area contributed by atoms with E-state index in [1.165, 1.54) is 29.4 Å². The molecule has 0 N–H and O–H groups in total. The highest BCUT2D eigenvalue weighted by Crippen LogP contribution is 2.25. The van der Waals surface area contributed by atoms with Gasteiger partial charge in [-0.1, -0.05) is 34.6 Å². The van der Waals surface area contributed by atoms with E-state index in [4.69, 9.17) is 10.00 Å². The van der Waals surface area contributed by atoms with Gasteiger partial charge in [0.1, 0.15) is 5.75 Å². The second-order valence-electron chi connectivity index (χ2n) is 7.62. The number of carbonyl (C=O) groups is 1. The third-order valence-electron chi connectivity index (χ3n) is 3.78. The fourth-order valence-corrected chi connectivity index (χ4v) is 3.49. The van der Waals surface area contributed by atoms with E-state index in [9.17, 15) is 4.79 Å². The average Bonchev–Trinajstić information content (AvgIpc) is 2.96. The van der Waals surface area contributed by atoms with Crippen LogP contribution in [0.4, 0.5) is 0 Å². The number of amides is 1. The lowest BCUT2D eigenvalue weighted by molar-refractivity contribution is 0.0994. The SMILES string of the molecule is COc1ccc(C#N)cc1C(=O)/N=c1\sc(C(C)(C)C)cn1CC(C)C. The lowest BCUT2D eigenvalue weighted by atomic mass is 9.95. The van der Waals surface area contributed by atoms with E-state index in [0.717, 1.165) is 6.54 Å². The molecule has 0 unspecified atom stereocenters. The molecule has 5 nitrogen and oxygen atoms in total. The van der Waals surface area contributed by atoms with Gasteiger partial charge < -0.3 is 9.30 Å². The van der Waals surface area contributed by atoms with Gasteiger partial charge in [-0.3, -0.25) is 4.79 Å². The Morgan fingerprint density at radius 3 is 2.62 bits per heavy atom. The first-order valence-corrected chi connectivity index (χ1v) is 9.35. The largest absolute Gasteiger partial charge is 0.496 e. The number of nitrogens with zero attached hydrogens (tertiary/aromatic N) is 3. The molecule has 2 rings (SSSR count). The molecule has 2 aromatic rings. The summed E-state index contributed by atoms with van der Waals surface area (Å²) < 4.78 is 7.30. The molecule has 1 amide bonds. The molecular weight excluding hydrogens is 346 g/mol. The number of nitriles is 1. The number of hydrogen-bond acceptors (Lipinski definition) is 4. The van der Waals surface area contributed by atoms with Crippen LogP contribution in [-0.2, 0) is 12.0 Å². The van der Waals surface area contributed by atoms with Crippen LogP contribution in [0.1, 0.15) is 55.4 Å². The highest BCUT2D eigenvalue weighted by molar-refractivity contribution is 7.09. The summed E-state index contributed by atoms with van der Waals surface area (Å²) in [6, 6.07) is 6.82. The fraction of sp³-hybridized carbons (Fsp3) is 0.450. The lowest BCUT2D eigenvalue weighted by Gasteiger charge is -2.14. The van der Waals surface area contributed by atoms with Crippen molar-refractivity contribution in [2.24, 2.45) is 10.9 Å². The summed E-state index contributed by atoms with van der Waals surface area (Å²) in [6.45, 7) is 11.5. The minimum atomic E-state index is -0.404. The molecule has 0 radical (unpaired) electrons. The summed E-state index contributed by atoms with van der Waals surface area (Å²) >= 11 is 1.52. The van der Waals surface area contributed by atoms with Crippen molar-refractivity contribution in [2.75, 3.05) is 7.11 Å². The number of carbonyl (C=O) groups excluding carboxylic acids is 1. The van der Waals surface area contributed by atoms with E-state index in [1.54, 1.807) is 12.1 Å². The average molecular weight is 372 g/mol. The van der Waals surface area contributed by atoms with Gasteiger partial charge in [0.05, 0.1) is 24.3 Å². The van der Waals surface area contributed by atoms with Gasteiger partial charge in [0.2, 0.25) is 0 Å². The Hall–Kier alpha value is -2.39. The molecule has 0 aliphatic carbocycles. The predicted octanol–water partition coefficient (Wildman–Crippen LogP) is 4.12. The molecule has 0 aliphatic heterocycles. The van der Waals surface area contributed by atoms with Gasteiger partial charge in [-0.25, -0.2) is 0 Å². The minimum Gasteiger partial charge on any atom is -0.496 e. The van der Waals surface area contributed by atoms with Crippen molar-refractivity contribution in [3.8, 4) is 11.8 Å². The number of thiazole rings is 1. The Morgan fingerprint density at radius 2 is 2.08 bits per heavy atom. The van der Waals surface area contributed by atoms with Gasteiger partial charge in [0, 0.05) is 17.6 Å². The van der Waals surface area contributed by atoms with Crippen LogP contribution in [0.3, 0.4) is 0 Å². The summed E-state index contributed by atoms with van der Waals surface area (Å²) in [6.07, 6.45) is 2.08. The number of benzene rings is 1. The Labute approximate surface area is 158 Å². The number of hydrogen-bond donors (Lipinski definition) is 0. The van der Waals surface area contributed by atoms with Gasteiger partial charge in [0.15, 0.2) is 4.80 Å². The van der Waals surface area contributed by atoms with Crippen LogP contribution in [0.2, 0.25) is 0 Å². The van der Waals surface area contributed by atoms with Gasteiger partial charge in [-0.15, -0.1) is 11.3 Å². The van der Waals surface area contributed by atoms with E-state index in [2.05, 4.69) is 45.8 Å². The second kappa shape index (κ2) is 7.88. The maximum Gasteiger partial charge on any atom is 0.283 e. The standard InChI is InChI=1S/C20H25N3O2S/c1-13(2)11-23-12-17(20(3,4)5)26-19(23)22-18(24)15-9-14(10-21)7-8-16(15)25-6/h7-9,12-13H,11H2,1-6H3/b22-19-. The zero-order chi connectivity index (χ0) is 19.5. The number of rotatable bonds is 4. The molecule has 0 bridgehead atoms. The summed E-state index contributed by atoms with van der Waals surface area (Å²) in [5.41, 5.74) is 0.688. The summed E-state index contributed by atoms with van der Waals surface area (Å²) in [4.78, 5) is 19.0. The lowest BCUT2D eigenvalue weighted by Crippen LogP contribution is -2.19. The quantitative estimate of drug-likeness (QED) is 0.812. The topological polar surface area (TPSA) is 67.4 Å². The predicted molar refractivity (Wildman–Crippen MR) is 103 cm³/mol. The van der Waals surface area contributed by atoms with E-state index in [0.29, 0.717) is 27.6 Å². The molecule has 6 heteroatoms. The van der Waals surface area contributed by atoms with E-state index < -0.39 is 5.91 Å². The van der Waals surface area contributed by atoms with E-state index in [1.807, 2.05) is 10.6 Å². The van der Waals surface area contributed by atoms with E-state index >= 15 is 0 Å². The summed E-state index contributed by atoms with van der Waals surface area (Å²) in [5.74, 6) is 0.447. The molecule has 26 heavy (non-hydrogen) atoms. The molecule has 1 aromatic carbocycles. The molecule has 138 valence electrons. The molecule has 0 saturated heterocycles. The second-order valence-corrected chi connectivity index (χ2v) is 8.63. The number of ether oxygens (including phenoxy) is 1. The van der Waals surface area contributed by atoms with Crippen LogP contribution >= 0.6 is 11.3 Å². The highest BCUT2D eigenvalue weighted by Gasteiger charge is 2.19. The summed E-state index contributed by atoms with van der Waals surface area (Å²) in [7, 11) is 1.50. The highest BCUT2D eigenvalue weighted by atomic mass is 32.1. The minimum absolute atomic E-state index is 0.0152. The zero-order valence-electron chi connectivity index (χ0n) is 16.2. The van der Waals surface area contributed by atoms with Crippen molar-refractivity contribution >= 4 is 17.2 Å². The van der Waals surface area contributed by atoms with Crippen LogP contribution in [-0.4, -0.2) is 17.6 Å². The van der Waals surface area contributed by atoms with Crippen LogP contribution in [0.25, 0.3) is 0 Å². The third kappa shape index (κ3) is 4.61. The Morgan fingerprint density at radius 1 is 1.38 bits per heavy atom. The van der Waals surface area contributed by atoms with Crippen molar-refractivity contribution in [1.82, 2.24) is 4.57 Å². The van der Waals surface area contributed by atoms with Crippen LogP contribution in [0.5, 0.6) is 5.75 Å². The molecule has 1 aromatic heterocycles. The Balaban J connectivity index is 2.57. The zero-order valence-corrected chi connectivity index (χ0v) is 17.0. The first-order valence-electron chi connectivity index (χ1n) is 8.53. The van der Waals surface area contributed by atoms with Crippen molar-refractivity contribution in [2.45, 2.75) is 46.6 Å². The fourth-order valence-electron chi connectivity index (χ4n) is 2.43. The van der Waals surface area contributed by atoms with Crippen LogP contribution in [0, 0.1) is 17.2 Å². The van der Waals surface area contributed by atoms with Crippen LogP contribution in [0.15, 0.2) is 29.4 Å². The smallest absolute Gasteiger partial charge is 0.283 e. The Kier molecular flexibility index (Phi) is 6.04. The molecule has 0 atom stereocenters. The van der Waals surface area contributed by atoms with E-state index in [-0.39, 0.29) is 5.41 Å². The number of aromatic nitrogens is 1. The molecule has 0 fully saturated rings. The Bertz CT molecular complexity index is 908. The maximum atomic E-state index is 12.8. The first kappa shape index (κ1) is 19.9. The molecule has 0 saturated carbocycles. The van der Waals surface area contributed by atoms with Crippen molar-refractivity contribution in [1.29, 1.82) is 5.26 Å². The molecular formula is C20H25N3O2S. The molecule has 0 spiro atoms. The monoisotopic (exact) mass is 371 g/mol.